The molecule has 1 aromatic rings. The van der Waals surface area contributed by atoms with E-state index in [-0.39, 0.29) is 5.78 Å². The van der Waals surface area contributed by atoms with E-state index in [1.54, 1.807) is 0 Å². The van der Waals surface area contributed by atoms with Gasteiger partial charge in [0.25, 0.3) is 0 Å². The first-order chi connectivity index (χ1) is 6.19. The topological polar surface area (TPSA) is 17.1 Å². The van der Waals surface area contributed by atoms with Crippen molar-refractivity contribution in [1.82, 2.24) is 0 Å². The highest BCUT2D eigenvalue weighted by Crippen LogP contribution is 2.18. The van der Waals surface area contributed by atoms with Gasteiger partial charge >= 0.3 is 0 Å². The predicted octanol–water partition coefficient (Wildman–Crippen LogP) is 3.46. The molecule has 0 heterocycles. The molecule has 0 unspecified atom stereocenters. The van der Waals surface area contributed by atoms with Crippen LogP contribution in [0.2, 0.25) is 0 Å². The van der Waals surface area contributed by atoms with E-state index in [0.29, 0.717) is 6.42 Å². The van der Waals surface area contributed by atoms with Crippen LogP contribution in [-0.2, 0) is 5.33 Å². The maximum Gasteiger partial charge on any atom is 0.163 e. The van der Waals surface area contributed by atoms with Crippen LogP contribution in [0.25, 0.3) is 0 Å². The quantitative estimate of drug-likeness (QED) is 0.499. The number of halogens is 1. The van der Waals surface area contributed by atoms with Gasteiger partial charge in [0.15, 0.2) is 5.78 Å². The number of carbonyl (C=O) groups excluding carboxylic acids is 1. The molecule has 1 nitrogen and oxygen atoms in total. The van der Waals surface area contributed by atoms with E-state index in [0.717, 1.165) is 21.4 Å². The van der Waals surface area contributed by atoms with Crippen molar-refractivity contribution in [2.75, 3.05) is 0 Å². The van der Waals surface area contributed by atoms with E-state index in [4.69, 9.17) is 0 Å². The van der Waals surface area contributed by atoms with Gasteiger partial charge in [0.2, 0.25) is 0 Å². The maximum absolute atomic E-state index is 11.4. The SMILES string of the molecule is CCC(=O)c1cc(CBr)ccc1S. The molecule has 0 spiro atoms. The number of Topliss-reactive ketones (excluding diaryl/α,β-unsaturated/α-hetero) is 1. The fourth-order valence-corrected chi connectivity index (χ4v) is 1.69. The maximum atomic E-state index is 11.4. The van der Waals surface area contributed by atoms with Crippen LogP contribution in [0.15, 0.2) is 23.1 Å². The minimum atomic E-state index is 0.146. The summed E-state index contributed by atoms with van der Waals surface area (Å²) in [6, 6.07) is 5.72. The van der Waals surface area contributed by atoms with Crippen LogP contribution in [-0.4, -0.2) is 5.78 Å². The van der Waals surface area contributed by atoms with Crippen molar-refractivity contribution >= 4 is 34.3 Å². The second-order valence-corrected chi connectivity index (χ2v) is 3.80. The number of ketones is 1. The Labute approximate surface area is 92.1 Å². The standard InChI is InChI=1S/C10H11BrOS/c1-2-9(12)8-5-7(6-11)3-4-10(8)13/h3-5,13H,2,6H2,1H3. The van der Waals surface area contributed by atoms with Crippen LogP contribution in [0.5, 0.6) is 0 Å². The Bertz CT molecular complexity index is 323. The molecule has 70 valence electrons. The van der Waals surface area contributed by atoms with Crippen LogP contribution in [0, 0.1) is 0 Å². The molecule has 0 saturated carbocycles. The molecular formula is C10H11BrOS. The van der Waals surface area contributed by atoms with Gasteiger partial charge in [-0.1, -0.05) is 28.9 Å². The summed E-state index contributed by atoms with van der Waals surface area (Å²) in [5.41, 5.74) is 1.83. The Morgan fingerprint density at radius 3 is 2.77 bits per heavy atom. The number of carbonyl (C=O) groups is 1. The molecule has 1 aromatic carbocycles. The molecule has 0 amide bonds. The Kier molecular flexibility index (Phi) is 4.00. The molecule has 0 aliphatic heterocycles. The molecule has 13 heavy (non-hydrogen) atoms. The molecular weight excluding hydrogens is 248 g/mol. The van der Waals surface area contributed by atoms with Gasteiger partial charge in [-0.15, -0.1) is 12.6 Å². The molecule has 0 radical (unpaired) electrons. The number of hydrogen-bond donors (Lipinski definition) is 1. The number of hydrogen-bond acceptors (Lipinski definition) is 2. The normalized spacial score (nSPS) is 10.1. The Morgan fingerprint density at radius 2 is 2.23 bits per heavy atom. The van der Waals surface area contributed by atoms with E-state index in [1.165, 1.54) is 0 Å². The molecule has 3 heteroatoms. The predicted molar refractivity (Wildman–Crippen MR) is 60.9 cm³/mol. The Morgan fingerprint density at radius 1 is 1.54 bits per heavy atom. The molecule has 0 saturated heterocycles. The van der Waals surface area contributed by atoms with Crippen molar-refractivity contribution in [2.24, 2.45) is 0 Å². The van der Waals surface area contributed by atoms with Crippen LogP contribution < -0.4 is 0 Å². The van der Waals surface area contributed by atoms with Gasteiger partial charge < -0.3 is 0 Å². The molecule has 0 bridgehead atoms. The molecule has 1 rings (SSSR count). The molecule has 0 N–H and O–H groups in total. The lowest BCUT2D eigenvalue weighted by Gasteiger charge is -2.04. The van der Waals surface area contributed by atoms with E-state index in [1.807, 2.05) is 25.1 Å². The second-order valence-electron chi connectivity index (χ2n) is 2.76. The van der Waals surface area contributed by atoms with Crippen LogP contribution in [0.1, 0.15) is 29.3 Å². The number of thiol groups is 1. The van der Waals surface area contributed by atoms with Crippen LogP contribution >= 0.6 is 28.6 Å². The number of alkyl halides is 1. The summed E-state index contributed by atoms with van der Waals surface area (Å²) >= 11 is 7.59. The first-order valence-electron chi connectivity index (χ1n) is 4.10. The third kappa shape index (κ3) is 2.58. The third-order valence-corrected chi connectivity index (χ3v) is 2.87. The minimum absolute atomic E-state index is 0.146. The lowest BCUT2D eigenvalue weighted by atomic mass is 10.1. The zero-order chi connectivity index (χ0) is 9.84. The summed E-state index contributed by atoms with van der Waals surface area (Å²) < 4.78 is 0. The number of benzene rings is 1. The average molecular weight is 259 g/mol. The van der Waals surface area contributed by atoms with Gasteiger partial charge in [0.1, 0.15) is 0 Å². The minimum Gasteiger partial charge on any atom is -0.294 e. The highest BCUT2D eigenvalue weighted by Gasteiger charge is 2.07. The van der Waals surface area contributed by atoms with Gasteiger partial charge in [-0.3, -0.25) is 4.79 Å². The molecule has 0 atom stereocenters. The lowest BCUT2D eigenvalue weighted by molar-refractivity contribution is 0.0985. The fraction of sp³-hybridized carbons (Fsp3) is 0.300. The van der Waals surface area contributed by atoms with Crippen molar-refractivity contribution in [3.8, 4) is 0 Å². The van der Waals surface area contributed by atoms with E-state index in [2.05, 4.69) is 28.6 Å². The van der Waals surface area contributed by atoms with Crippen molar-refractivity contribution in [3.63, 3.8) is 0 Å². The third-order valence-electron chi connectivity index (χ3n) is 1.84. The zero-order valence-electron chi connectivity index (χ0n) is 7.38. The van der Waals surface area contributed by atoms with Crippen molar-refractivity contribution in [2.45, 2.75) is 23.6 Å². The van der Waals surface area contributed by atoms with Crippen LogP contribution in [0.3, 0.4) is 0 Å². The highest BCUT2D eigenvalue weighted by atomic mass is 79.9. The Hall–Kier alpha value is -0.280. The van der Waals surface area contributed by atoms with Gasteiger partial charge in [-0.25, -0.2) is 0 Å². The molecule has 0 aliphatic rings. The van der Waals surface area contributed by atoms with E-state index >= 15 is 0 Å². The summed E-state index contributed by atoms with van der Waals surface area (Å²) in [6.07, 6.45) is 0.527. The van der Waals surface area contributed by atoms with Crippen molar-refractivity contribution in [3.05, 3.63) is 29.3 Å². The van der Waals surface area contributed by atoms with Crippen molar-refractivity contribution in [1.29, 1.82) is 0 Å². The summed E-state index contributed by atoms with van der Waals surface area (Å²) in [5, 5.41) is 0.769. The summed E-state index contributed by atoms with van der Waals surface area (Å²) in [4.78, 5) is 12.2. The smallest absolute Gasteiger partial charge is 0.163 e. The zero-order valence-corrected chi connectivity index (χ0v) is 9.86. The first-order valence-corrected chi connectivity index (χ1v) is 5.67. The van der Waals surface area contributed by atoms with Crippen molar-refractivity contribution < 1.29 is 4.79 Å². The molecule has 0 aromatic heterocycles. The summed E-state index contributed by atoms with van der Waals surface area (Å²) in [7, 11) is 0. The fourth-order valence-electron chi connectivity index (χ4n) is 1.08. The highest BCUT2D eigenvalue weighted by molar-refractivity contribution is 9.08. The second kappa shape index (κ2) is 4.82. The van der Waals surface area contributed by atoms with Crippen LogP contribution in [0.4, 0.5) is 0 Å². The van der Waals surface area contributed by atoms with Gasteiger partial charge in [-0.2, -0.15) is 0 Å². The van der Waals surface area contributed by atoms with Gasteiger partial charge in [-0.05, 0) is 17.7 Å². The Balaban J connectivity index is 3.11. The van der Waals surface area contributed by atoms with E-state index < -0.39 is 0 Å². The van der Waals surface area contributed by atoms with E-state index in [9.17, 15) is 4.79 Å². The van der Waals surface area contributed by atoms with Gasteiger partial charge in [0, 0.05) is 22.2 Å². The molecule has 0 fully saturated rings. The van der Waals surface area contributed by atoms with Gasteiger partial charge in [0.05, 0.1) is 0 Å². The largest absolute Gasteiger partial charge is 0.294 e. The lowest BCUT2D eigenvalue weighted by Crippen LogP contribution is -1.98. The number of rotatable bonds is 3. The summed E-state index contributed by atoms with van der Waals surface area (Å²) in [6.45, 7) is 1.86. The first kappa shape index (κ1) is 10.8. The average Bonchev–Trinajstić information content (AvgIpc) is 2.17. The summed E-state index contributed by atoms with van der Waals surface area (Å²) in [5.74, 6) is 0.146. The molecule has 0 aliphatic carbocycles. The monoisotopic (exact) mass is 258 g/mol.